The molecular formula is C24H23F3N6O2. The number of rotatable bonds is 6. The summed E-state index contributed by atoms with van der Waals surface area (Å²) in [5.74, 6) is 5.90. The van der Waals surface area contributed by atoms with Crippen LogP contribution >= 0.6 is 0 Å². The zero-order valence-corrected chi connectivity index (χ0v) is 19.2. The molecule has 0 saturated carbocycles. The molecular weight excluding hydrogens is 461 g/mol. The van der Waals surface area contributed by atoms with Crippen molar-refractivity contribution in [1.29, 1.82) is 0 Å². The topological polar surface area (TPSA) is 90.5 Å². The number of aromatic nitrogens is 6. The summed E-state index contributed by atoms with van der Waals surface area (Å²) in [5, 5.41) is 4.22. The Labute approximate surface area is 198 Å². The molecule has 0 amide bonds. The third kappa shape index (κ3) is 4.91. The Morgan fingerprint density at radius 2 is 1.83 bits per heavy atom. The number of aromatic amines is 1. The Morgan fingerprint density at radius 1 is 1.09 bits per heavy atom. The lowest BCUT2D eigenvalue weighted by molar-refractivity contribution is -0.137. The number of fused-ring (bicyclic) bond motifs is 1. The van der Waals surface area contributed by atoms with Crippen molar-refractivity contribution in [1.82, 2.24) is 28.9 Å². The summed E-state index contributed by atoms with van der Waals surface area (Å²) in [7, 11) is 0. The van der Waals surface area contributed by atoms with Gasteiger partial charge < -0.3 is 4.98 Å². The fourth-order valence-corrected chi connectivity index (χ4v) is 3.72. The highest BCUT2D eigenvalue weighted by molar-refractivity contribution is 5.75. The zero-order chi connectivity index (χ0) is 25.2. The van der Waals surface area contributed by atoms with Gasteiger partial charge in [0.1, 0.15) is 17.9 Å². The highest BCUT2D eigenvalue weighted by Gasteiger charge is 2.30. The normalized spacial score (nSPS) is 11.6. The van der Waals surface area contributed by atoms with Crippen LogP contribution in [0.3, 0.4) is 0 Å². The maximum absolute atomic E-state index is 12.9. The standard InChI is InChI=1S/C24H23F3N6O2/c1-3-10-32-21-19(22(34)33(11-4-2)23(32)35)29-20(30-21)17-14-28-31(15-17)12-6-8-16-7-5-9-18(13-16)24(25,26)27/h5,7,9,13-15H,3-4,10-12H2,1-2H3,(H,29,30). The highest BCUT2D eigenvalue weighted by atomic mass is 19.4. The van der Waals surface area contributed by atoms with Crippen molar-refractivity contribution in [3.63, 3.8) is 0 Å². The Morgan fingerprint density at radius 3 is 2.54 bits per heavy atom. The van der Waals surface area contributed by atoms with Crippen LogP contribution in [0.15, 0.2) is 46.2 Å². The van der Waals surface area contributed by atoms with Gasteiger partial charge in [0.15, 0.2) is 5.65 Å². The monoisotopic (exact) mass is 484 g/mol. The predicted octanol–water partition coefficient (Wildman–Crippen LogP) is 3.64. The predicted molar refractivity (Wildman–Crippen MR) is 125 cm³/mol. The van der Waals surface area contributed by atoms with Crippen molar-refractivity contribution in [3.8, 4) is 23.2 Å². The van der Waals surface area contributed by atoms with E-state index < -0.39 is 17.3 Å². The van der Waals surface area contributed by atoms with Crippen LogP contribution in [-0.2, 0) is 25.8 Å². The van der Waals surface area contributed by atoms with Gasteiger partial charge in [-0.2, -0.15) is 18.3 Å². The molecule has 35 heavy (non-hydrogen) atoms. The van der Waals surface area contributed by atoms with Gasteiger partial charge in [0, 0.05) is 24.8 Å². The average molecular weight is 484 g/mol. The fraction of sp³-hybridized carbons (Fsp3) is 0.333. The van der Waals surface area contributed by atoms with Crippen LogP contribution in [0.25, 0.3) is 22.6 Å². The van der Waals surface area contributed by atoms with E-state index in [1.807, 2.05) is 13.8 Å². The van der Waals surface area contributed by atoms with Gasteiger partial charge in [-0.15, -0.1) is 0 Å². The minimum absolute atomic E-state index is 0.139. The molecule has 1 N–H and O–H groups in total. The molecule has 0 saturated heterocycles. The summed E-state index contributed by atoms with van der Waals surface area (Å²) in [5.41, 5.74) is -0.183. The Balaban J connectivity index is 1.62. The first-order chi connectivity index (χ1) is 16.7. The molecule has 0 aliphatic carbocycles. The molecule has 0 aliphatic rings. The van der Waals surface area contributed by atoms with Gasteiger partial charge >= 0.3 is 11.9 Å². The molecule has 0 atom stereocenters. The smallest absolute Gasteiger partial charge is 0.332 e. The highest BCUT2D eigenvalue weighted by Crippen LogP contribution is 2.29. The Bertz CT molecular complexity index is 1550. The molecule has 3 aromatic heterocycles. The summed E-state index contributed by atoms with van der Waals surface area (Å²) in [6.07, 6.45) is 0.108. The van der Waals surface area contributed by atoms with E-state index >= 15 is 0 Å². The van der Waals surface area contributed by atoms with Crippen LogP contribution in [0.4, 0.5) is 13.2 Å². The molecule has 0 spiro atoms. The number of imidazole rings is 1. The van der Waals surface area contributed by atoms with E-state index in [1.165, 1.54) is 32.1 Å². The third-order valence-electron chi connectivity index (χ3n) is 5.33. The lowest BCUT2D eigenvalue weighted by Gasteiger charge is -2.09. The first kappa shape index (κ1) is 24.1. The van der Waals surface area contributed by atoms with Crippen LogP contribution in [0.1, 0.15) is 37.8 Å². The fourth-order valence-electron chi connectivity index (χ4n) is 3.72. The van der Waals surface area contributed by atoms with Gasteiger partial charge in [-0.25, -0.2) is 9.78 Å². The summed E-state index contributed by atoms with van der Waals surface area (Å²) >= 11 is 0. The molecule has 4 rings (SSSR count). The molecule has 0 fully saturated rings. The molecule has 11 heteroatoms. The maximum atomic E-state index is 12.9. The number of alkyl halides is 3. The van der Waals surface area contributed by atoms with Gasteiger partial charge in [-0.3, -0.25) is 18.6 Å². The Kier molecular flexibility index (Phi) is 6.64. The second kappa shape index (κ2) is 9.66. The molecule has 0 bridgehead atoms. The zero-order valence-electron chi connectivity index (χ0n) is 19.2. The van der Waals surface area contributed by atoms with Gasteiger partial charge in [0.05, 0.1) is 17.3 Å². The molecule has 1 aromatic carbocycles. The molecule has 0 aliphatic heterocycles. The molecule has 182 valence electrons. The first-order valence-corrected chi connectivity index (χ1v) is 11.1. The number of nitrogens with zero attached hydrogens (tertiary/aromatic N) is 5. The molecule has 0 unspecified atom stereocenters. The van der Waals surface area contributed by atoms with Crippen LogP contribution in [0.2, 0.25) is 0 Å². The molecule has 4 aromatic rings. The van der Waals surface area contributed by atoms with Gasteiger partial charge in [-0.05, 0) is 31.0 Å². The first-order valence-electron chi connectivity index (χ1n) is 11.1. The van der Waals surface area contributed by atoms with Gasteiger partial charge in [0.2, 0.25) is 0 Å². The van der Waals surface area contributed by atoms with Gasteiger partial charge in [0.25, 0.3) is 5.56 Å². The van der Waals surface area contributed by atoms with Crippen molar-refractivity contribution in [2.75, 3.05) is 0 Å². The average Bonchev–Trinajstić information content (AvgIpc) is 3.47. The van der Waals surface area contributed by atoms with Crippen LogP contribution in [0, 0.1) is 11.8 Å². The number of benzene rings is 1. The summed E-state index contributed by atoms with van der Waals surface area (Å²) in [6.45, 7) is 4.71. The van der Waals surface area contributed by atoms with Crippen LogP contribution in [-0.4, -0.2) is 28.9 Å². The molecule has 8 nitrogen and oxygen atoms in total. The van der Waals surface area contributed by atoms with E-state index in [2.05, 4.69) is 26.9 Å². The van der Waals surface area contributed by atoms with Crippen molar-refractivity contribution in [2.24, 2.45) is 0 Å². The van der Waals surface area contributed by atoms with E-state index in [0.29, 0.717) is 43.0 Å². The number of nitrogens with one attached hydrogen (secondary N) is 1. The minimum Gasteiger partial charge on any atom is -0.332 e. The quantitative estimate of drug-likeness (QED) is 0.423. The maximum Gasteiger partial charge on any atom is 0.416 e. The minimum atomic E-state index is -4.43. The number of aryl methyl sites for hydroxylation is 1. The molecule has 0 radical (unpaired) electrons. The second-order valence-corrected chi connectivity index (χ2v) is 7.98. The number of halogens is 3. The molecule has 3 heterocycles. The number of H-pyrrole nitrogens is 1. The SMILES string of the molecule is CCCn1c(=O)c2[nH]c(-c3cnn(CC#Cc4cccc(C(F)(F)F)c4)c3)nc2n(CCC)c1=O. The van der Waals surface area contributed by atoms with E-state index in [9.17, 15) is 22.8 Å². The number of hydrogen-bond acceptors (Lipinski definition) is 4. The summed E-state index contributed by atoms with van der Waals surface area (Å²) < 4.78 is 42.8. The summed E-state index contributed by atoms with van der Waals surface area (Å²) in [4.78, 5) is 33.2. The van der Waals surface area contributed by atoms with Crippen LogP contribution < -0.4 is 11.2 Å². The van der Waals surface area contributed by atoms with E-state index in [-0.39, 0.29) is 23.3 Å². The van der Waals surface area contributed by atoms with Crippen molar-refractivity contribution in [3.05, 3.63) is 68.6 Å². The van der Waals surface area contributed by atoms with E-state index in [4.69, 9.17) is 0 Å². The largest absolute Gasteiger partial charge is 0.416 e. The van der Waals surface area contributed by atoms with Crippen molar-refractivity contribution < 1.29 is 13.2 Å². The lowest BCUT2D eigenvalue weighted by atomic mass is 10.1. The second-order valence-electron chi connectivity index (χ2n) is 7.98. The van der Waals surface area contributed by atoms with Crippen LogP contribution in [0.5, 0.6) is 0 Å². The van der Waals surface area contributed by atoms with E-state index in [0.717, 1.165) is 12.1 Å². The Hall–Kier alpha value is -4.07. The number of hydrogen-bond donors (Lipinski definition) is 1. The van der Waals surface area contributed by atoms with E-state index in [1.54, 1.807) is 6.20 Å². The van der Waals surface area contributed by atoms with Crippen molar-refractivity contribution >= 4 is 11.2 Å². The van der Waals surface area contributed by atoms with Gasteiger partial charge in [-0.1, -0.05) is 31.8 Å². The summed E-state index contributed by atoms with van der Waals surface area (Å²) in [6, 6.07) is 4.81. The lowest BCUT2D eigenvalue weighted by Crippen LogP contribution is -2.40. The van der Waals surface area contributed by atoms with Crippen molar-refractivity contribution in [2.45, 2.75) is 52.5 Å². The third-order valence-corrected chi connectivity index (χ3v) is 5.33.